The Morgan fingerprint density at radius 2 is 1.64 bits per heavy atom. The molecule has 186 valence electrons. The van der Waals surface area contributed by atoms with Crippen molar-refractivity contribution in [1.82, 2.24) is 0 Å². The number of benzene rings is 2. The first kappa shape index (κ1) is 23.0. The van der Waals surface area contributed by atoms with Gasteiger partial charge in [-0.25, -0.2) is 4.90 Å². The quantitative estimate of drug-likeness (QED) is 0.362. The lowest BCUT2D eigenvalue weighted by Gasteiger charge is -2.20. The number of hydrogen-bond donors (Lipinski definition) is 0. The van der Waals surface area contributed by atoms with E-state index in [1.165, 1.54) is 10.5 Å². The monoisotopic (exact) mass is 486 g/mol. The lowest BCUT2D eigenvalue weighted by Crippen LogP contribution is -2.33. The third kappa shape index (κ3) is 3.55. The van der Waals surface area contributed by atoms with Gasteiger partial charge in [0.2, 0.25) is 17.7 Å². The summed E-state index contributed by atoms with van der Waals surface area (Å²) < 4.78 is 5.63. The number of anilines is 2. The van der Waals surface area contributed by atoms with Crippen molar-refractivity contribution in [2.75, 3.05) is 16.3 Å². The fraction of sp³-hybridized carbons (Fsp3) is 0.448. The van der Waals surface area contributed by atoms with Gasteiger partial charge < -0.3 is 9.64 Å². The predicted octanol–water partition coefficient (Wildman–Crippen LogP) is 4.05. The number of fused-ring (bicyclic) bond motifs is 5. The second-order valence-corrected chi connectivity index (χ2v) is 10.7. The lowest BCUT2D eigenvalue weighted by atomic mass is 9.81. The first-order chi connectivity index (χ1) is 17.4. The number of carbonyl (C=O) groups excluding carboxylic acids is 4. The molecule has 5 atom stereocenters. The molecule has 2 bridgehead atoms. The summed E-state index contributed by atoms with van der Waals surface area (Å²) in [5.74, 6) is -0.605. The van der Waals surface area contributed by atoms with E-state index >= 15 is 0 Å². The topological polar surface area (TPSA) is 84.0 Å². The van der Waals surface area contributed by atoms with Crippen molar-refractivity contribution in [2.45, 2.75) is 46.0 Å². The summed E-state index contributed by atoms with van der Waals surface area (Å²) in [4.78, 5) is 54.8. The van der Waals surface area contributed by atoms with Crippen LogP contribution < -0.4 is 14.5 Å². The Bertz CT molecular complexity index is 1240. The minimum atomic E-state index is -0.556. The van der Waals surface area contributed by atoms with Crippen LogP contribution in [0.2, 0.25) is 0 Å². The predicted molar refractivity (Wildman–Crippen MR) is 133 cm³/mol. The third-order valence-electron chi connectivity index (χ3n) is 8.67. The van der Waals surface area contributed by atoms with Gasteiger partial charge in [0, 0.05) is 18.7 Å². The molecule has 2 aromatic rings. The number of amides is 3. The van der Waals surface area contributed by atoms with E-state index in [1.807, 2.05) is 31.2 Å². The van der Waals surface area contributed by atoms with Crippen LogP contribution in [-0.2, 0) is 25.6 Å². The zero-order valence-corrected chi connectivity index (χ0v) is 20.6. The molecular weight excluding hydrogens is 456 g/mol. The number of rotatable bonds is 5. The Morgan fingerprint density at radius 1 is 0.972 bits per heavy atom. The fourth-order valence-corrected chi connectivity index (χ4v) is 6.81. The summed E-state index contributed by atoms with van der Waals surface area (Å²) in [5.41, 5.74) is 3.24. The zero-order chi connectivity index (χ0) is 25.1. The van der Waals surface area contributed by atoms with Crippen LogP contribution in [0.15, 0.2) is 42.5 Å². The van der Waals surface area contributed by atoms with Gasteiger partial charge in [-0.1, -0.05) is 19.1 Å². The van der Waals surface area contributed by atoms with Crippen molar-refractivity contribution in [2.24, 2.45) is 29.6 Å². The molecule has 0 N–H and O–H groups in total. The molecule has 2 heterocycles. The molecule has 0 radical (unpaired) electrons. The molecule has 2 saturated heterocycles. The number of carbonyl (C=O) groups is 4. The first-order valence-electron chi connectivity index (χ1n) is 12.9. The molecule has 36 heavy (non-hydrogen) atoms. The maximum atomic E-state index is 13.2. The summed E-state index contributed by atoms with van der Waals surface area (Å²) in [6, 6.07) is 12.8. The standard InChI is InChI=1S/C29H30N2O5/c1-3-17-4-8-21(9-5-17)30-15-20(14-24(30)32)29(35)36-22-10-11-23(16(2)12-22)31-27(33)25-18-6-7-19(13-18)26(25)28(31)34/h4-5,8-12,18-20,25-26H,3,6-7,13-15H2,1-2H3/t18-,19-,20-,25-,26+/m0/s1. The average molecular weight is 487 g/mol. The maximum Gasteiger partial charge on any atom is 0.316 e. The van der Waals surface area contributed by atoms with Crippen molar-refractivity contribution in [3.63, 3.8) is 0 Å². The summed E-state index contributed by atoms with van der Waals surface area (Å²) in [5, 5.41) is 0. The highest BCUT2D eigenvalue weighted by atomic mass is 16.5. The molecule has 3 amide bonds. The van der Waals surface area contributed by atoms with E-state index in [-0.39, 0.29) is 42.5 Å². The number of esters is 1. The Morgan fingerprint density at radius 3 is 2.25 bits per heavy atom. The van der Waals surface area contributed by atoms with Gasteiger partial charge in [-0.3, -0.25) is 19.2 Å². The largest absolute Gasteiger partial charge is 0.426 e. The molecular formula is C29H30N2O5. The van der Waals surface area contributed by atoms with Crippen molar-refractivity contribution in [3.8, 4) is 5.75 Å². The van der Waals surface area contributed by atoms with E-state index in [0.717, 1.165) is 31.4 Å². The molecule has 4 fully saturated rings. The van der Waals surface area contributed by atoms with Crippen LogP contribution in [0.5, 0.6) is 5.75 Å². The highest BCUT2D eigenvalue weighted by molar-refractivity contribution is 6.23. The average Bonchev–Trinajstić information content (AvgIpc) is 3.64. The second-order valence-electron chi connectivity index (χ2n) is 10.7. The molecule has 4 aliphatic rings. The summed E-state index contributed by atoms with van der Waals surface area (Å²) >= 11 is 0. The number of ether oxygens (including phenoxy) is 1. The van der Waals surface area contributed by atoms with Gasteiger partial charge in [0.05, 0.1) is 23.4 Å². The molecule has 2 aliphatic heterocycles. The SMILES string of the molecule is CCc1ccc(N2C[C@@H](C(=O)Oc3ccc(N4C(=O)[C@@H]5[C@H]6CC[C@@H](C6)[C@@H]5C4=O)c(C)c3)CC2=O)cc1. The Kier molecular flexibility index (Phi) is 5.47. The van der Waals surface area contributed by atoms with E-state index in [0.29, 0.717) is 28.8 Å². The van der Waals surface area contributed by atoms with E-state index < -0.39 is 11.9 Å². The Labute approximate surface area is 210 Å². The van der Waals surface area contributed by atoms with Crippen molar-refractivity contribution in [3.05, 3.63) is 53.6 Å². The number of aryl methyl sites for hydroxylation is 2. The van der Waals surface area contributed by atoms with Crippen molar-refractivity contribution < 1.29 is 23.9 Å². The minimum Gasteiger partial charge on any atom is -0.426 e. The van der Waals surface area contributed by atoms with E-state index in [2.05, 4.69) is 6.92 Å². The van der Waals surface area contributed by atoms with Crippen LogP contribution in [0.4, 0.5) is 11.4 Å². The molecule has 7 heteroatoms. The summed E-state index contributed by atoms with van der Waals surface area (Å²) in [6.45, 7) is 4.17. The lowest BCUT2D eigenvalue weighted by molar-refractivity contribution is -0.139. The van der Waals surface area contributed by atoms with Crippen LogP contribution >= 0.6 is 0 Å². The number of hydrogen-bond acceptors (Lipinski definition) is 5. The molecule has 0 unspecified atom stereocenters. The summed E-state index contributed by atoms with van der Waals surface area (Å²) in [7, 11) is 0. The van der Waals surface area contributed by atoms with Crippen LogP contribution in [0, 0.1) is 36.5 Å². The van der Waals surface area contributed by atoms with E-state index in [9.17, 15) is 19.2 Å². The van der Waals surface area contributed by atoms with Gasteiger partial charge in [0.15, 0.2) is 0 Å². The Hall–Kier alpha value is -3.48. The number of imide groups is 1. The first-order valence-corrected chi connectivity index (χ1v) is 12.9. The third-order valence-corrected chi connectivity index (χ3v) is 8.67. The molecule has 0 spiro atoms. The summed E-state index contributed by atoms with van der Waals surface area (Å²) in [6.07, 6.45) is 4.10. The molecule has 6 rings (SSSR count). The molecule has 7 nitrogen and oxygen atoms in total. The fourth-order valence-electron chi connectivity index (χ4n) is 6.81. The zero-order valence-electron chi connectivity index (χ0n) is 20.6. The van der Waals surface area contributed by atoms with Gasteiger partial charge in [0.25, 0.3) is 0 Å². The normalized spacial score (nSPS) is 28.8. The van der Waals surface area contributed by atoms with Gasteiger partial charge in [-0.2, -0.15) is 0 Å². The van der Waals surface area contributed by atoms with Crippen LogP contribution in [0.25, 0.3) is 0 Å². The van der Waals surface area contributed by atoms with Crippen LogP contribution in [-0.4, -0.2) is 30.2 Å². The van der Waals surface area contributed by atoms with E-state index in [1.54, 1.807) is 23.1 Å². The van der Waals surface area contributed by atoms with Gasteiger partial charge in [0.1, 0.15) is 5.75 Å². The van der Waals surface area contributed by atoms with Crippen molar-refractivity contribution >= 4 is 35.1 Å². The second kappa shape index (κ2) is 8.57. The van der Waals surface area contributed by atoms with Gasteiger partial charge in [-0.15, -0.1) is 0 Å². The van der Waals surface area contributed by atoms with Gasteiger partial charge >= 0.3 is 5.97 Å². The highest BCUT2D eigenvalue weighted by Crippen LogP contribution is 2.56. The van der Waals surface area contributed by atoms with Crippen molar-refractivity contribution in [1.29, 1.82) is 0 Å². The number of nitrogens with zero attached hydrogens (tertiary/aromatic N) is 2. The molecule has 2 saturated carbocycles. The van der Waals surface area contributed by atoms with Crippen LogP contribution in [0.3, 0.4) is 0 Å². The van der Waals surface area contributed by atoms with Gasteiger partial charge in [-0.05, 0) is 85.9 Å². The maximum absolute atomic E-state index is 13.2. The highest BCUT2D eigenvalue weighted by Gasteiger charge is 2.61. The Balaban J connectivity index is 1.14. The molecule has 2 aliphatic carbocycles. The smallest absolute Gasteiger partial charge is 0.316 e. The molecule has 0 aromatic heterocycles. The molecule has 2 aromatic carbocycles. The minimum absolute atomic E-state index is 0.0819. The van der Waals surface area contributed by atoms with E-state index in [4.69, 9.17) is 4.74 Å². The van der Waals surface area contributed by atoms with Crippen LogP contribution in [0.1, 0.15) is 43.7 Å².